The van der Waals surface area contributed by atoms with Crippen LogP contribution in [0.25, 0.3) is 0 Å². The Morgan fingerprint density at radius 1 is 1.38 bits per heavy atom. The monoisotopic (exact) mass is 309 g/mol. The zero-order valence-electron chi connectivity index (χ0n) is 11.7. The van der Waals surface area contributed by atoms with Crippen LogP contribution in [-0.4, -0.2) is 22.9 Å². The molecule has 0 radical (unpaired) electrons. The van der Waals surface area contributed by atoms with Crippen LogP contribution < -0.4 is 11.1 Å². The van der Waals surface area contributed by atoms with E-state index in [-0.39, 0.29) is 23.0 Å². The summed E-state index contributed by atoms with van der Waals surface area (Å²) in [5.74, 6) is 0.701. The van der Waals surface area contributed by atoms with Gasteiger partial charge in [-0.3, -0.25) is 14.9 Å². The lowest BCUT2D eigenvalue weighted by Crippen LogP contribution is -2.53. The first kappa shape index (κ1) is 14.5. The molecule has 1 aromatic rings. The van der Waals surface area contributed by atoms with Gasteiger partial charge in [0.15, 0.2) is 0 Å². The molecule has 3 N–H and O–H groups in total. The third-order valence-electron chi connectivity index (χ3n) is 4.70. The number of nitrogens with one attached hydrogen (secondary N) is 1. The summed E-state index contributed by atoms with van der Waals surface area (Å²) in [6, 6.07) is 1.77. The van der Waals surface area contributed by atoms with Gasteiger partial charge in [0.1, 0.15) is 0 Å². The Kier molecular flexibility index (Phi) is 3.95. The summed E-state index contributed by atoms with van der Waals surface area (Å²) in [6.07, 6.45) is 5.35. The summed E-state index contributed by atoms with van der Waals surface area (Å²) in [5, 5.41) is 15.4. The van der Waals surface area contributed by atoms with E-state index in [1.54, 1.807) is 5.38 Å². The molecule has 0 saturated heterocycles. The maximum absolute atomic E-state index is 12.3. The zero-order valence-corrected chi connectivity index (χ0v) is 12.5. The molecule has 2 aliphatic rings. The number of amides is 1. The average Bonchev–Trinajstić information content (AvgIpc) is 2.89. The van der Waals surface area contributed by atoms with Crippen LogP contribution in [0.5, 0.6) is 0 Å². The highest BCUT2D eigenvalue weighted by atomic mass is 32.1. The molecule has 1 heterocycles. The normalized spacial score (nSPS) is 31.7. The molecule has 0 aromatic carbocycles. The van der Waals surface area contributed by atoms with Crippen molar-refractivity contribution in [3.05, 3.63) is 27.1 Å². The van der Waals surface area contributed by atoms with E-state index in [1.165, 1.54) is 12.5 Å². The summed E-state index contributed by atoms with van der Waals surface area (Å²) in [5.41, 5.74) is 6.47. The fourth-order valence-corrected chi connectivity index (χ4v) is 4.50. The second-order valence-corrected chi connectivity index (χ2v) is 7.00. The second-order valence-electron chi connectivity index (χ2n) is 6.11. The van der Waals surface area contributed by atoms with Crippen LogP contribution in [0.2, 0.25) is 0 Å². The van der Waals surface area contributed by atoms with Crippen molar-refractivity contribution in [1.82, 2.24) is 5.32 Å². The van der Waals surface area contributed by atoms with E-state index in [9.17, 15) is 14.9 Å². The predicted octanol–water partition coefficient (Wildman–Crippen LogP) is 2.29. The first-order valence-corrected chi connectivity index (χ1v) is 8.22. The van der Waals surface area contributed by atoms with Crippen LogP contribution >= 0.6 is 11.3 Å². The Hall–Kier alpha value is -1.47. The van der Waals surface area contributed by atoms with Gasteiger partial charge in [0.05, 0.1) is 10.5 Å². The fourth-order valence-electron chi connectivity index (χ4n) is 3.80. The molecule has 2 unspecified atom stereocenters. The smallest absolute Gasteiger partial charge is 0.324 e. The second kappa shape index (κ2) is 5.73. The molecule has 2 atom stereocenters. The molecule has 2 aliphatic carbocycles. The quantitative estimate of drug-likeness (QED) is 0.661. The lowest BCUT2D eigenvalue weighted by molar-refractivity contribution is -0.380. The summed E-state index contributed by atoms with van der Waals surface area (Å²) in [4.78, 5) is 22.5. The molecule has 7 heteroatoms. The minimum absolute atomic E-state index is 0.00557. The van der Waals surface area contributed by atoms with E-state index in [1.807, 2.05) is 0 Å². The summed E-state index contributed by atoms with van der Waals surface area (Å²) >= 11 is 0.990. The van der Waals surface area contributed by atoms with E-state index >= 15 is 0 Å². The van der Waals surface area contributed by atoms with Crippen molar-refractivity contribution in [3.8, 4) is 0 Å². The molecule has 0 aliphatic heterocycles. The largest absolute Gasteiger partial charge is 0.349 e. The number of hydrogen-bond acceptors (Lipinski definition) is 5. The van der Waals surface area contributed by atoms with E-state index in [2.05, 4.69) is 5.32 Å². The first-order chi connectivity index (χ1) is 10.0. The van der Waals surface area contributed by atoms with Gasteiger partial charge < -0.3 is 11.1 Å². The van der Waals surface area contributed by atoms with Gasteiger partial charge in [-0.15, -0.1) is 0 Å². The molecule has 1 aromatic heterocycles. The Morgan fingerprint density at radius 3 is 2.62 bits per heavy atom. The Labute approximate surface area is 126 Å². The third-order valence-corrected chi connectivity index (χ3v) is 5.58. The molecule has 2 bridgehead atoms. The third kappa shape index (κ3) is 2.94. The van der Waals surface area contributed by atoms with Crippen LogP contribution in [0.1, 0.15) is 42.5 Å². The van der Waals surface area contributed by atoms with E-state index in [4.69, 9.17) is 5.73 Å². The Morgan fingerprint density at radius 2 is 2.05 bits per heavy atom. The van der Waals surface area contributed by atoms with Crippen molar-refractivity contribution < 1.29 is 9.72 Å². The molecule has 2 fully saturated rings. The lowest BCUT2D eigenvalue weighted by Gasteiger charge is -2.45. The van der Waals surface area contributed by atoms with Crippen molar-refractivity contribution in [2.75, 3.05) is 0 Å². The molecule has 6 nitrogen and oxygen atoms in total. The summed E-state index contributed by atoms with van der Waals surface area (Å²) < 4.78 is 0. The number of nitro groups is 1. The number of carbonyl (C=O) groups is 1. The van der Waals surface area contributed by atoms with Crippen LogP contribution in [0.3, 0.4) is 0 Å². The Balaban J connectivity index is 1.70. The lowest BCUT2D eigenvalue weighted by atomic mass is 9.67. The topological polar surface area (TPSA) is 98.3 Å². The van der Waals surface area contributed by atoms with Gasteiger partial charge in [-0.25, -0.2) is 0 Å². The van der Waals surface area contributed by atoms with Crippen LogP contribution in [-0.2, 0) is 0 Å². The van der Waals surface area contributed by atoms with Crippen molar-refractivity contribution in [2.24, 2.45) is 17.6 Å². The highest BCUT2D eigenvalue weighted by Crippen LogP contribution is 2.39. The van der Waals surface area contributed by atoms with Crippen LogP contribution in [0, 0.1) is 22.0 Å². The van der Waals surface area contributed by atoms with E-state index in [0.717, 1.165) is 37.0 Å². The van der Waals surface area contributed by atoms with Gasteiger partial charge in [-0.2, -0.15) is 0 Å². The van der Waals surface area contributed by atoms with E-state index < -0.39 is 4.92 Å². The number of hydrogen-bond donors (Lipinski definition) is 2. The van der Waals surface area contributed by atoms with Crippen molar-refractivity contribution in [3.63, 3.8) is 0 Å². The zero-order chi connectivity index (χ0) is 15.0. The maximum atomic E-state index is 12.3. The number of nitrogens with zero attached hydrogens (tertiary/aromatic N) is 1. The summed E-state index contributed by atoms with van der Waals surface area (Å²) in [7, 11) is 0. The molecular formula is C14H19N3O3S. The summed E-state index contributed by atoms with van der Waals surface area (Å²) in [6.45, 7) is 0. The SMILES string of the molecule is NC1CC2CCCC(C1)C2NC(=O)c1csc([N+](=O)[O-])c1. The standard InChI is InChI=1S/C14H19N3O3S/c15-11-4-8-2-1-3-9(5-11)13(8)16-14(18)10-6-12(17(19)20)21-7-10/h6-9,11,13H,1-5,15H2,(H,16,18). The number of nitrogens with two attached hydrogens (primary N) is 1. The van der Waals surface area contributed by atoms with Gasteiger partial charge in [0, 0.05) is 23.5 Å². The predicted molar refractivity (Wildman–Crippen MR) is 80.3 cm³/mol. The maximum Gasteiger partial charge on any atom is 0.324 e. The van der Waals surface area contributed by atoms with Gasteiger partial charge in [-0.1, -0.05) is 17.8 Å². The molecule has 3 rings (SSSR count). The fraction of sp³-hybridized carbons (Fsp3) is 0.643. The molecule has 114 valence electrons. The average molecular weight is 309 g/mol. The molecule has 2 saturated carbocycles. The number of carbonyl (C=O) groups excluding carboxylic acids is 1. The minimum atomic E-state index is -0.462. The van der Waals surface area contributed by atoms with E-state index in [0.29, 0.717) is 17.4 Å². The van der Waals surface area contributed by atoms with Gasteiger partial charge in [0.2, 0.25) is 0 Å². The van der Waals surface area contributed by atoms with Crippen LogP contribution in [0.15, 0.2) is 11.4 Å². The first-order valence-electron chi connectivity index (χ1n) is 7.34. The minimum Gasteiger partial charge on any atom is -0.349 e. The Bertz CT molecular complexity index is 545. The molecule has 0 spiro atoms. The van der Waals surface area contributed by atoms with Gasteiger partial charge in [0.25, 0.3) is 5.91 Å². The molecular weight excluding hydrogens is 290 g/mol. The highest BCUT2D eigenvalue weighted by Gasteiger charge is 2.40. The number of fused-ring (bicyclic) bond motifs is 2. The van der Waals surface area contributed by atoms with Crippen molar-refractivity contribution in [2.45, 2.75) is 44.2 Å². The van der Waals surface area contributed by atoms with Crippen molar-refractivity contribution >= 4 is 22.2 Å². The van der Waals surface area contributed by atoms with Gasteiger partial charge in [-0.05, 0) is 37.5 Å². The molecule has 1 amide bonds. The number of thiophene rings is 1. The van der Waals surface area contributed by atoms with Crippen LogP contribution in [0.4, 0.5) is 5.00 Å². The highest BCUT2D eigenvalue weighted by molar-refractivity contribution is 7.13. The molecule has 21 heavy (non-hydrogen) atoms. The van der Waals surface area contributed by atoms with Crippen molar-refractivity contribution in [1.29, 1.82) is 0 Å². The number of rotatable bonds is 3. The van der Waals surface area contributed by atoms with Gasteiger partial charge >= 0.3 is 5.00 Å².